The fourth-order valence-corrected chi connectivity index (χ4v) is 7.03. The summed E-state index contributed by atoms with van der Waals surface area (Å²) in [6, 6.07) is 9.77. The zero-order valence-electron chi connectivity index (χ0n) is 22.4. The molecule has 1 heteroatoms. The Morgan fingerprint density at radius 3 is 1.97 bits per heavy atom. The number of unbranched alkanes of at least 4 members (excludes halogenated alkanes) is 2. The molecule has 34 heavy (non-hydrogen) atoms. The largest absolute Gasteiger partial charge is 0.378 e. The quantitative estimate of drug-likeness (QED) is 0.234. The first-order valence-electron chi connectivity index (χ1n) is 15.1. The van der Waals surface area contributed by atoms with Crippen molar-refractivity contribution in [1.82, 2.24) is 0 Å². The Kier molecular flexibility index (Phi) is 10.6. The van der Waals surface area contributed by atoms with Crippen LogP contribution in [0.15, 0.2) is 36.4 Å². The number of hydrogen-bond donors (Lipinski definition) is 0. The van der Waals surface area contributed by atoms with Gasteiger partial charge in [-0.05, 0) is 93.1 Å². The van der Waals surface area contributed by atoms with Crippen LogP contribution in [-0.4, -0.2) is 12.7 Å². The van der Waals surface area contributed by atoms with E-state index in [1.807, 2.05) is 0 Å². The fourth-order valence-electron chi connectivity index (χ4n) is 7.03. The Morgan fingerprint density at radius 1 is 0.647 bits per heavy atom. The Labute approximate surface area is 211 Å². The molecule has 1 nitrogen and oxygen atoms in total. The van der Waals surface area contributed by atoms with Crippen molar-refractivity contribution >= 4 is 0 Å². The second-order valence-corrected chi connectivity index (χ2v) is 12.0. The van der Waals surface area contributed by atoms with Gasteiger partial charge in [0.05, 0.1) is 12.7 Å². The van der Waals surface area contributed by atoms with E-state index in [9.17, 15) is 0 Å². The van der Waals surface area contributed by atoms with Crippen LogP contribution in [0, 0.1) is 17.8 Å². The Morgan fingerprint density at radius 2 is 1.32 bits per heavy atom. The summed E-state index contributed by atoms with van der Waals surface area (Å²) in [6.07, 6.45) is 27.5. The summed E-state index contributed by atoms with van der Waals surface area (Å²) < 4.78 is 6.36. The number of allylic oxidation sites excluding steroid dienone is 1. The molecule has 3 aliphatic rings. The van der Waals surface area contributed by atoms with Crippen molar-refractivity contribution in [2.75, 3.05) is 6.61 Å². The standard InChI is InChI=1S/C33H52O/c1-3-5-6-8-27-9-15-29(16-10-27)31-19-21-32(22-20-31)30-17-11-28(12-18-30)25-34-33-23-13-26(7-4-2)14-24-33/h11,17,19-22,26-30,33H,3-10,12-16,18,23-25H2,1-2H3. The van der Waals surface area contributed by atoms with E-state index < -0.39 is 0 Å². The molecule has 2 atom stereocenters. The lowest BCUT2D eigenvalue weighted by atomic mass is 9.76. The van der Waals surface area contributed by atoms with Gasteiger partial charge in [0.25, 0.3) is 0 Å². The van der Waals surface area contributed by atoms with Crippen molar-refractivity contribution in [3.05, 3.63) is 47.5 Å². The maximum absolute atomic E-state index is 6.36. The lowest BCUT2D eigenvalue weighted by Gasteiger charge is -2.30. The van der Waals surface area contributed by atoms with E-state index in [1.165, 1.54) is 108 Å². The van der Waals surface area contributed by atoms with Crippen molar-refractivity contribution in [3.8, 4) is 0 Å². The smallest absolute Gasteiger partial charge is 0.0575 e. The Hall–Kier alpha value is -1.08. The molecule has 2 unspecified atom stereocenters. The minimum Gasteiger partial charge on any atom is -0.378 e. The van der Waals surface area contributed by atoms with Gasteiger partial charge in [-0.25, -0.2) is 0 Å². The molecule has 0 bridgehead atoms. The average Bonchev–Trinajstić information content (AvgIpc) is 2.89. The van der Waals surface area contributed by atoms with Gasteiger partial charge in [-0.1, -0.05) is 88.8 Å². The average molecular weight is 465 g/mol. The first-order chi connectivity index (χ1) is 16.7. The van der Waals surface area contributed by atoms with Crippen LogP contribution in [0.3, 0.4) is 0 Å². The van der Waals surface area contributed by atoms with Crippen LogP contribution >= 0.6 is 0 Å². The van der Waals surface area contributed by atoms with Gasteiger partial charge in [-0.3, -0.25) is 0 Å². The first-order valence-corrected chi connectivity index (χ1v) is 15.1. The van der Waals surface area contributed by atoms with Gasteiger partial charge in [0.1, 0.15) is 0 Å². The van der Waals surface area contributed by atoms with Crippen molar-refractivity contribution in [3.63, 3.8) is 0 Å². The van der Waals surface area contributed by atoms with Crippen molar-refractivity contribution in [2.24, 2.45) is 17.8 Å². The van der Waals surface area contributed by atoms with Gasteiger partial charge in [-0.15, -0.1) is 0 Å². The van der Waals surface area contributed by atoms with Crippen LogP contribution in [-0.2, 0) is 4.74 Å². The summed E-state index contributed by atoms with van der Waals surface area (Å²) in [4.78, 5) is 0. The Bertz CT molecular complexity index is 703. The van der Waals surface area contributed by atoms with Crippen LogP contribution in [0.2, 0.25) is 0 Å². The molecule has 0 amide bonds. The van der Waals surface area contributed by atoms with Gasteiger partial charge < -0.3 is 4.74 Å². The molecule has 190 valence electrons. The Balaban J connectivity index is 1.17. The van der Waals surface area contributed by atoms with E-state index in [-0.39, 0.29) is 0 Å². The third-order valence-corrected chi connectivity index (χ3v) is 9.40. The molecule has 2 fully saturated rings. The first kappa shape index (κ1) is 26.0. The molecule has 0 aromatic heterocycles. The lowest BCUT2D eigenvalue weighted by Crippen LogP contribution is -2.24. The molecule has 0 N–H and O–H groups in total. The second kappa shape index (κ2) is 13.9. The zero-order valence-corrected chi connectivity index (χ0v) is 22.4. The van der Waals surface area contributed by atoms with Gasteiger partial charge in [0.2, 0.25) is 0 Å². The van der Waals surface area contributed by atoms with Crippen LogP contribution in [0.1, 0.15) is 140 Å². The molecule has 4 rings (SSSR count). The van der Waals surface area contributed by atoms with Gasteiger partial charge in [-0.2, -0.15) is 0 Å². The predicted molar refractivity (Wildman–Crippen MR) is 146 cm³/mol. The molecule has 3 aliphatic carbocycles. The van der Waals surface area contributed by atoms with Gasteiger partial charge in [0, 0.05) is 11.8 Å². The summed E-state index contributed by atoms with van der Waals surface area (Å²) in [5.41, 5.74) is 3.11. The molecule has 0 aliphatic heterocycles. The van der Waals surface area contributed by atoms with Gasteiger partial charge >= 0.3 is 0 Å². The molecule has 0 heterocycles. The van der Waals surface area contributed by atoms with Crippen molar-refractivity contribution in [1.29, 1.82) is 0 Å². The minimum absolute atomic E-state index is 0.526. The van der Waals surface area contributed by atoms with Gasteiger partial charge in [0.15, 0.2) is 0 Å². The van der Waals surface area contributed by atoms with E-state index in [2.05, 4.69) is 50.3 Å². The molecule has 1 aromatic carbocycles. The lowest BCUT2D eigenvalue weighted by molar-refractivity contribution is 0.00324. The highest BCUT2D eigenvalue weighted by molar-refractivity contribution is 5.31. The number of benzene rings is 1. The summed E-state index contributed by atoms with van der Waals surface area (Å²) in [5, 5.41) is 0. The second-order valence-electron chi connectivity index (χ2n) is 12.0. The van der Waals surface area contributed by atoms with Crippen LogP contribution in [0.4, 0.5) is 0 Å². The van der Waals surface area contributed by atoms with E-state index in [0.717, 1.165) is 24.4 Å². The monoisotopic (exact) mass is 464 g/mol. The van der Waals surface area contributed by atoms with Crippen molar-refractivity contribution < 1.29 is 4.74 Å². The molecular weight excluding hydrogens is 412 g/mol. The highest BCUT2D eigenvalue weighted by Crippen LogP contribution is 2.39. The SMILES string of the molecule is CCCCCC1CCC(c2ccc(C3C=CC(COC4CCC(CCC)CC4)CC3)cc2)CC1. The molecule has 0 saturated heterocycles. The molecule has 1 aromatic rings. The summed E-state index contributed by atoms with van der Waals surface area (Å²) >= 11 is 0. The third-order valence-electron chi connectivity index (χ3n) is 9.40. The molecule has 0 spiro atoms. The molecular formula is C33H52O. The third kappa shape index (κ3) is 7.71. The number of ether oxygens (including phenoxy) is 1. The van der Waals surface area contributed by atoms with Crippen LogP contribution < -0.4 is 0 Å². The minimum atomic E-state index is 0.526. The normalized spacial score (nSPS) is 32.1. The predicted octanol–water partition coefficient (Wildman–Crippen LogP) is 9.97. The summed E-state index contributed by atoms with van der Waals surface area (Å²) in [5.74, 6) is 4.00. The van der Waals surface area contributed by atoms with Crippen LogP contribution in [0.25, 0.3) is 0 Å². The maximum atomic E-state index is 6.36. The van der Waals surface area contributed by atoms with E-state index in [4.69, 9.17) is 4.74 Å². The number of rotatable bonds is 11. The topological polar surface area (TPSA) is 9.23 Å². The fraction of sp³-hybridized carbons (Fsp3) is 0.758. The summed E-state index contributed by atoms with van der Waals surface area (Å²) in [7, 11) is 0. The highest BCUT2D eigenvalue weighted by atomic mass is 16.5. The molecule has 0 radical (unpaired) electrons. The maximum Gasteiger partial charge on any atom is 0.0575 e. The van der Waals surface area contributed by atoms with Crippen molar-refractivity contribution in [2.45, 2.75) is 135 Å². The molecule has 2 saturated carbocycles. The zero-order chi connectivity index (χ0) is 23.6. The highest BCUT2D eigenvalue weighted by Gasteiger charge is 2.24. The van der Waals surface area contributed by atoms with E-state index >= 15 is 0 Å². The summed E-state index contributed by atoms with van der Waals surface area (Å²) in [6.45, 7) is 5.57. The van der Waals surface area contributed by atoms with Crippen LogP contribution in [0.5, 0.6) is 0 Å². The number of hydrogen-bond acceptors (Lipinski definition) is 1. The van der Waals surface area contributed by atoms with E-state index in [0.29, 0.717) is 17.9 Å². The van der Waals surface area contributed by atoms with E-state index in [1.54, 1.807) is 5.56 Å².